The van der Waals surface area contributed by atoms with Crippen LogP contribution < -0.4 is 19.5 Å². The minimum absolute atomic E-state index is 0.0989. The van der Waals surface area contributed by atoms with E-state index >= 15 is 0 Å². The Labute approximate surface area is 178 Å². The number of carbonyl (C=O) groups excluding carboxylic acids is 1. The molecule has 30 heavy (non-hydrogen) atoms. The van der Waals surface area contributed by atoms with E-state index < -0.39 is 0 Å². The molecule has 0 fully saturated rings. The summed E-state index contributed by atoms with van der Waals surface area (Å²) in [5.74, 6) is 2.98. The van der Waals surface area contributed by atoms with Gasteiger partial charge in [-0.05, 0) is 48.9 Å². The monoisotopic (exact) mass is 426 g/mol. The van der Waals surface area contributed by atoms with Crippen molar-refractivity contribution in [2.24, 2.45) is 0 Å². The van der Waals surface area contributed by atoms with E-state index in [4.69, 9.17) is 14.2 Å². The lowest BCUT2D eigenvalue weighted by Gasteiger charge is -2.21. The van der Waals surface area contributed by atoms with Gasteiger partial charge in [0.1, 0.15) is 19.0 Å². The predicted octanol–water partition coefficient (Wildman–Crippen LogP) is 3.22. The van der Waals surface area contributed by atoms with Crippen LogP contribution in [0, 0.1) is 0 Å². The number of fused-ring (bicyclic) bond motifs is 1. The highest BCUT2D eigenvalue weighted by Gasteiger charge is 2.16. The Bertz CT molecular complexity index is 1020. The molecule has 8 nitrogen and oxygen atoms in total. The first-order valence-corrected chi connectivity index (χ1v) is 10.5. The van der Waals surface area contributed by atoms with Crippen molar-refractivity contribution in [2.45, 2.75) is 18.1 Å². The van der Waals surface area contributed by atoms with E-state index in [0.29, 0.717) is 29.9 Å². The number of aromatic nitrogens is 3. The summed E-state index contributed by atoms with van der Waals surface area (Å²) in [6, 6.07) is 13.1. The molecule has 2 heterocycles. The largest absolute Gasteiger partial charge is 0.497 e. The van der Waals surface area contributed by atoms with Gasteiger partial charge < -0.3 is 19.5 Å². The van der Waals surface area contributed by atoms with E-state index in [2.05, 4.69) is 20.5 Å². The van der Waals surface area contributed by atoms with E-state index in [-0.39, 0.29) is 17.7 Å². The fourth-order valence-electron chi connectivity index (χ4n) is 3.01. The van der Waals surface area contributed by atoms with Gasteiger partial charge in [0, 0.05) is 5.56 Å². The summed E-state index contributed by atoms with van der Waals surface area (Å²) in [7, 11) is 1.62. The predicted molar refractivity (Wildman–Crippen MR) is 113 cm³/mol. The molecule has 0 saturated carbocycles. The van der Waals surface area contributed by atoms with Crippen molar-refractivity contribution in [3.8, 4) is 28.6 Å². The van der Waals surface area contributed by atoms with Crippen LogP contribution in [0.1, 0.15) is 18.5 Å². The molecule has 1 aliphatic rings. The average molecular weight is 426 g/mol. The molecule has 1 amide bonds. The molecule has 2 N–H and O–H groups in total. The van der Waals surface area contributed by atoms with Crippen LogP contribution in [0.5, 0.6) is 17.2 Å². The number of benzene rings is 2. The number of aromatic amines is 1. The van der Waals surface area contributed by atoms with Gasteiger partial charge in [-0.1, -0.05) is 17.8 Å². The van der Waals surface area contributed by atoms with Gasteiger partial charge in [0.25, 0.3) is 0 Å². The zero-order valence-corrected chi connectivity index (χ0v) is 17.5. The summed E-state index contributed by atoms with van der Waals surface area (Å²) < 4.78 is 16.3. The molecule has 1 aliphatic heterocycles. The summed E-state index contributed by atoms with van der Waals surface area (Å²) in [4.78, 5) is 16.8. The summed E-state index contributed by atoms with van der Waals surface area (Å²) in [5.41, 5.74) is 1.85. The molecule has 9 heteroatoms. The maximum atomic E-state index is 12.4. The molecule has 1 atom stereocenters. The lowest BCUT2D eigenvalue weighted by molar-refractivity contribution is -0.119. The van der Waals surface area contributed by atoms with Crippen molar-refractivity contribution < 1.29 is 19.0 Å². The first-order chi connectivity index (χ1) is 14.6. The number of rotatable bonds is 7. The highest BCUT2D eigenvalue weighted by Crippen LogP contribution is 2.32. The first-order valence-electron chi connectivity index (χ1n) is 9.51. The molecule has 156 valence electrons. The van der Waals surface area contributed by atoms with Crippen LogP contribution in [0.4, 0.5) is 0 Å². The second-order valence-corrected chi connectivity index (χ2v) is 7.62. The van der Waals surface area contributed by atoms with Crippen molar-refractivity contribution in [3.05, 3.63) is 48.0 Å². The van der Waals surface area contributed by atoms with Crippen LogP contribution in [0.25, 0.3) is 11.4 Å². The van der Waals surface area contributed by atoms with Crippen LogP contribution in [0.15, 0.2) is 47.6 Å². The Kier molecular flexibility index (Phi) is 6.08. The van der Waals surface area contributed by atoms with E-state index in [9.17, 15) is 4.79 Å². The van der Waals surface area contributed by atoms with Crippen molar-refractivity contribution >= 4 is 17.7 Å². The molecule has 1 aromatic heterocycles. The van der Waals surface area contributed by atoms with E-state index in [1.165, 1.54) is 11.8 Å². The molecular weight excluding hydrogens is 404 g/mol. The molecule has 4 rings (SSSR count). The second-order valence-electron chi connectivity index (χ2n) is 6.68. The minimum atomic E-state index is -0.157. The topological polar surface area (TPSA) is 98.4 Å². The Morgan fingerprint density at radius 2 is 1.97 bits per heavy atom. The first kappa shape index (κ1) is 20.1. The molecule has 0 bridgehead atoms. The number of nitrogens with zero attached hydrogens (tertiary/aromatic N) is 2. The Balaban J connectivity index is 1.31. The molecule has 0 radical (unpaired) electrons. The minimum Gasteiger partial charge on any atom is -0.497 e. The van der Waals surface area contributed by atoms with Gasteiger partial charge in [-0.3, -0.25) is 9.89 Å². The van der Waals surface area contributed by atoms with Crippen LogP contribution in [-0.2, 0) is 4.79 Å². The quantitative estimate of drug-likeness (QED) is 0.560. The summed E-state index contributed by atoms with van der Waals surface area (Å²) in [5, 5.41) is 10.6. The fourth-order valence-corrected chi connectivity index (χ4v) is 3.62. The Hall–Kier alpha value is -3.20. The molecule has 0 aliphatic carbocycles. The third-order valence-corrected chi connectivity index (χ3v) is 5.45. The van der Waals surface area contributed by atoms with Crippen molar-refractivity contribution in [1.29, 1.82) is 0 Å². The average Bonchev–Trinajstić information content (AvgIpc) is 3.26. The number of amides is 1. The van der Waals surface area contributed by atoms with Crippen LogP contribution in [0.3, 0.4) is 0 Å². The van der Waals surface area contributed by atoms with Gasteiger partial charge in [0.05, 0.1) is 18.9 Å². The van der Waals surface area contributed by atoms with Crippen LogP contribution in [0.2, 0.25) is 0 Å². The van der Waals surface area contributed by atoms with Crippen LogP contribution in [-0.4, -0.2) is 47.2 Å². The SMILES string of the molecule is COc1ccc(-c2nc(SCC(=O)NC(C)c3ccc4c(c3)OCCO4)n[nH]2)cc1. The molecule has 3 aromatic rings. The van der Waals surface area contributed by atoms with Gasteiger partial charge >= 0.3 is 0 Å². The lowest BCUT2D eigenvalue weighted by atomic mass is 10.1. The van der Waals surface area contributed by atoms with Crippen molar-refractivity contribution in [2.75, 3.05) is 26.1 Å². The van der Waals surface area contributed by atoms with Gasteiger partial charge in [-0.15, -0.1) is 5.10 Å². The number of hydrogen-bond donors (Lipinski definition) is 2. The number of thioether (sulfide) groups is 1. The number of nitrogens with one attached hydrogen (secondary N) is 2. The smallest absolute Gasteiger partial charge is 0.230 e. The Morgan fingerprint density at radius 1 is 1.20 bits per heavy atom. The van der Waals surface area contributed by atoms with Crippen molar-refractivity contribution in [1.82, 2.24) is 20.5 Å². The lowest BCUT2D eigenvalue weighted by Crippen LogP contribution is -2.28. The third-order valence-electron chi connectivity index (χ3n) is 4.60. The molecular formula is C21H22N4O4S. The van der Waals surface area contributed by atoms with Crippen LogP contribution >= 0.6 is 11.8 Å². The zero-order valence-electron chi connectivity index (χ0n) is 16.7. The highest BCUT2D eigenvalue weighted by atomic mass is 32.2. The van der Waals surface area contributed by atoms with E-state index in [0.717, 1.165) is 22.6 Å². The number of ether oxygens (including phenoxy) is 3. The third kappa shape index (κ3) is 4.68. The molecule has 0 saturated heterocycles. The summed E-state index contributed by atoms with van der Waals surface area (Å²) in [6.07, 6.45) is 0. The number of carbonyl (C=O) groups is 1. The molecule has 0 spiro atoms. The number of H-pyrrole nitrogens is 1. The molecule has 1 unspecified atom stereocenters. The maximum Gasteiger partial charge on any atom is 0.230 e. The Morgan fingerprint density at radius 3 is 2.73 bits per heavy atom. The van der Waals surface area contributed by atoms with E-state index in [1.54, 1.807) is 7.11 Å². The zero-order chi connectivity index (χ0) is 20.9. The highest BCUT2D eigenvalue weighted by molar-refractivity contribution is 7.99. The maximum absolute atomic E-state index is 12.4. The standard InChI is InChI=1S/C21H22N4O4S/c1-13(15-5-8-17-18(11-15)29-10-9-28-17)22-19(26)12-30-21-23-20(24-25-21)14-3-6-16(27-2)7-4-14/h3-8,11,13H,9-10,12H2,1-2H3,(H,22,26)(H,23,24,25). The van der Waals surface area contributed by atoms with E-state index in [1.807, 2.05) is 49.4 Å². The van der Waals surface area contributed by atoms with Gasteiger partial charge in [-0.25, -0.2) is 4.98 Å². The normalized spacial score (nSPS) is 13.5. The summed E-state index contributed by atoms with van der Waals surface area (Å²) >= 11 is 1.28. The number of hydrogen-bond acceptors (Lipinski definition) is 7. The second kappa shape index (κ2) is 9.08. The molecule has 2 aromatic carbocycles. The van der Waals surface area contributed by atoms with Gasteiger partial charge in [-0.2, -0.15) is 0 Å². The van der Waals surface area contributed by atoms with Gasteiger partial charge in [0.2, 0.25) is 11.1 Å². The number of methoxy groups -OCH3 is 1. The van der Waals surface area contributed by atoms with Crippen molar-refractivity contribution in [3.63, 3.8) is 0 Å². The van der Waals surface area contributed by atoms with Gasteiger partial charge in [0.15, 0.2) is 17.3 Å². The summed E-state index contributed by atoms with van der Waals surface area (Å²) in [6.45, 7) is 3.02. The fraction of sp³-hybridized carbons (Fsp3) is 0.286.